The van der Waals surface area contributed by atoms with E-state index in [9.17, 15) is 0 Å². The quantitative estimate of drug-likeness (QED) is 0.876. The van der Waals surface area contributed by atoms with Crippen molar-refractivity contribution < 1.29 is 0 Å². The monoisotopic (exact) mass is 251 g/mol. The van der Waals surface area contributed by atoms with Gasteiger partial charge in [0.05, 0.1) is 6.54 Å². The average Bonchev–Trinajstić information content (AvgIpc) is 2.76. The van der Waals surface area contributed by atoms with Gasteiger partial charge in [0.15, 0.2) is 0 Å². The molecular formula is C13H25N5. The molecule has 1 aromatic rings. The number of nitrogens with zero attached hydrogens (tertiary/aromatic N) is 4. The second-order valence-electron chi connectivity index (χ2n) is 5.47. The Bertz CT molecular complexity index is 373. The summed E-state index contributed by atoms with van der Waals surface area (Å²) in [6.45, 7) is 13.2. The summed E-state index contributed by atoms with van der Waals surface area (Å²) in [7, 11) is 0. The number of piperazine rings is 1. The van der Waals surface area contributed by atoms with Crippen LogP contribution in [-0.2, 0) is 13.0 Å². The number of aryl methyl sites for hydroxylation is 1. The van der Waals surface area contributed by atoms with Crippen LogP contribution in [0.25, 0.3) is 0 Å². The first-order valence-corrected chi connectivity index (χ1v) is 6.98. The third-order valence-electron chi connectivity index (χ3n) is 3.69. The van der Waals surface area contributed by atoms with E-state index >= 15 is 0 Å². The zero-order chi connectivity index (χ0) is 13.1. The molecule has 2 heterocycles. The van der Waals surface area contributed by atoms with Crippen molar-refractivity contribution in [2.75, 3.05) is 19.6 Å². The molecule has 1 atom stereocenters. The Morgan fingerprint density at radius 2 is 2.17 bits per heavy atom. The summed E-state index contributed by atoms with van der Waals surface area (Å²) in [6.07, 6.45) is 0.897. The highest BCUT2D eigenvalue weighted by Gasteiger charge is 2.25. The van der Waals surface area contributed by atoms with Crippen LogP contribution in [0.5, 0.6) is 0 Å². The lowest BCUT2D eigenvalue weighted by molar-refractivity contribution is 0.0552. The van der Waals surface area contributed by atoms with Gasteiger partial charge in [-0.15, -0.1) is 0 Å². The molecule has 1 fully saturated rings. The molecule has 0 spiro atoms. The Kier molecular flexibility index (Phi) is 4.35. The number of aromatic amines is 1. The lowest BCUT2D eigenvalue weighted by atomic mass is 10.1. The first-order chi connectivity index (χ1) is 8.60. The topological polar surface area (TPSA) is 48.1 Å². The summed E-state index contributed by atoms with van der Waals surface area (Å²) in [4.78, 5) is 9.51. The van der Waals surface area contributed by atoms with Crippen LogP contribution in [0, 0.1) is 0 Å². The third-order valence-corrected chi connectivity index (χ3v) is 3.69. The Hall–Kier alpha value is -0.940. The van der Waals surface area contributed by atoms with Crippen molar-refractivity contribution in [1.82, 2.24) is 25.0 Å². The van der Waals surface area contributed by atoms with E-state index in [-0.39, 0.29) is 0 Å². The molecule has 1 aliphatic rings. The second-order valence-corrected chi connectivity index (χ2v) is 5.47. The number of hydrogen-bond acceptors (Lipinski definition) is 4. The maximum atomic E-state index is 4.48. The Labute approximate surface area is 110 Å². The summed E-state index contributed by atoms with van der Waals surface area (Å²) in [5, 5.41) is 7.23. The van der Waals surface area contributed by atoms with Crippen LogP contribution in [0.3, 0.4) is 0 Å². The molecule has 102 valence electrons. The molecule has 0 aliphatic carbocycles. The molecule has 18 heavy (non-hydrogen) atoms. The largest absolute Gasteiger partial charge is 0.296 e. The molecule has 1 aromatic heterocycles. The SMILES string of the molecule is CCc1n[nH]c(CN2CCN(C(C)C)[C@H](C)C2)n1. The normalized spacial score (nSPS) is 22.8. The molecular weight excluding hydrogens is 226 g/mol. The first kappa shape index (κ1) is 13.5. The van der Waals surface area contributed by atoms with Crippen molar-refractivity contribution in [3.8, 4) is 0 Å². The van der Waals surface area contributed by atoms with Crippen LogP contribution >= 0.6 is 0 Å². The van der Waals surface area contributed by atoms with Gasteiger partial charge in [-0.25, -0.2) is 4.98 Å². The van der Waals surface area contributed by atoms with Gasteiger partial charge in [0.2, 0.25) is 0 Å². The minimum atomic E-state index is 0.618. The van der Waals surface area contributed by atoms with Gasteiger partial charge >= 0.3 is 0 Å². The van der Waals surface area contributed by atoms with E-state index in [2.05, 4.69) is 52.7 Å². The van der Waals surface area contributed by atoms with E-state index in [0.29, 0.717) is 12.1 Å². The summed E-state index contributed by atoms with van der Waals surface area (Å²) < 4.78 is 0. The highest BCUT2D eigenvalue weighted by atomic mass is 15.3. The molecule has 1 aliphatic heterocycles. The Balaban J connectivity index is 1.88. The van der Waals surface area contributed by atoms with Gasteiger partial charge in [-0.3, -0.25) is 14.9 Å². The van der Waals surface area contributed by atoms with Crippen molar-refractivity contribution in [3.05, 3.63) is 11.6 Å². The van der Waals surface area contributed by atoms with Gasteiger partial charge in [0.1, 0.15) is 11.6 Å². The molecule has 0 unspecified atom stereocenters. The van der Waals surface area contributed by atoms with Crippen molar-refractivity contribution in [3.63, 3.8) is 0 Å². The molecule has 5 nitrogen and oxygen atoms in total. The number of hydrogen-bond donors (Lipinski definition) is 1. The van der Waals surface area contributed by atoms with Crippen LogP contribution in [0.4, 0.5) is 0 Å². The molecule has 2 rings (SSSR count). The maximum Gasteiger partial charge on any atom is 0.150 e. The van der Waals surface area contributed by atoms with Gasteiger partial charge in [-0.05, 0) is 20.8 Å². The van der Waals surface area contributed by atoms with Crippen molar-refractivity contribution >= 4 is 0 Å². The van der Waals surface area contributed by atoms with E-state index in [1.165, 1.54) is 0 Å². The minimum absolute atomic E-state index is 0.618. The predicted molar refractivity (Wildman–Crippen MR) is 72.3 cm³/mol. The zero-order valence-electron chi connectivity index (χ0n) is 12.0. The first-order valence-electron chi connectivity index (χ1n) is 6.98. The highest BCUT2D eigenvalue weighted by molar-refractivity contribution is 4.91. The lowest BCUT2D eigenvalue weighted by Crippen LogP contribution is -2.53. The number of H-pyrrole nitrogens is 1. The van der Waals surface area contributed by atoms with Crippen molar-refractivity contribution in [2.45, 2.75) is 52.7 Å². The number of aromatic nitrogens is 3. The molecule has 0 saturated carbocycles. The van der Waals surface area contributed by atoms with Gasteiger partial charge in [0.25, 0.3) is 0 Å². The predicted octanol–water partition coefficient (Wildman–Crippen LogP) is 1.28. The van der Waals surface area contributed by atoms with Crippen molar-refractivity contribution in [1.29, 1.82) is 0 Å². The van der Waals surface area contributed by atoms with Gasteiger partial charge in [-0.1, -0.05) is 6.92 Å². The summed E-state index contributed by atoms with van der Waals surface area (Å²) in [5.41, 5.74) is 0. The van der Waals surface area contributed by atoms with Gasteiger partial charge in [0, 0.05) is 38.1 Å². The Morgan fingerprint density at radius 1 is 1.39 bits per heavy atom. The molecule has 1 N–H and O–H groups in total. The summed E-state index contributed by atoms with van der Waals surface area (Å²) in [6, 6.07) is 1.26. The smallest absolute Gasteiger partial charge is 0.150 e. The third kappa shape index (κ3) is 3.09. The van der Waals surface area contributed by atoms with E-state index in [1.807, 2.05) is 0 Å². The molecule has 0 radical (unpaired) electrons. The van der Waals surface area contributed by atoms with E-state index in [0.717, 1.165) is 44.2 Å². The lowest BCUT2D eigenvalue weighted by Gasteiger charge is -2.41. The van der Waals surface area contributed by atoms with E-state index in [4.69, 9.17) is 0 Å². The van der Waals surface area contributed by atoms with E-state index in [1.54, 1.807) is 0 Å². The van der Waals surface area contributed by atoms with Crippen molar-refractivity contribution in [2.24, 2.45) is 0 Å². The molecule has 0 bridgehead atoms. The molecule has 5 heteroatoms. The maximum absolute atomic E-state index is 4.48. The van der Waals surface area contributed by atoms with Crippen LogP contribution < -0.4 is 0 Å². The van der Waals surface area contributed by atoms with E-state index < -0.39 is 0 Å². The second kappa shape index (κ2) is 5.80. The summed E-state index contributed by atoms with van der Waals surface area (Å²) >= 11 is 0. The number of rotatable bonds is 4. The zero-order valence-corrected chi connectivity index (χ0v) is 12.0. The average molecular weight is 251 g/mol. The molecule has 0 amide bonds. The fraction of sp³-hybridized carbons (Fsp3) is 0.846. The standard InChI is InChI=1S/C13H25N5/c1-5-12-14-13(16-15-12)9-17-6-7-18(10(2)3)11(4)8-17/h10-11H,5-9H2,1-4H3,(H,14,15,16)/t11-/m1/s1. The van der Waals surface area contributed by atoms with Gasteiger partial charge in [-0.2, -0.15) is 5.10 Å². The minimum Gasteiger partial charge on any atom is -0.296 e. The molecule has 1 saturated heterocycles. The van der Waals surface area contributed by atoms with Crippen LogP contribution in [0.1, 0.15) is 39.3 Å². The van der Waals surface area contributed by atoms with Crippen LogP contribution in [0.15, 0.2) is 0 Å². The number of nitrogens with one attached hydrogen (secondary N) is 1. The molecule has 0 aromatic carbocycles. The highest BCUT2D eigenvalue weighted by Crippen LogP contribution is 2.14. The summed E-state index contributed by atoms with van der Waals surface area (Å²) in [5.74, 6) is 1.91. The van der Waals surface area contributed by atoms with Crippen LogP contribution in [0.2, 0.25) is 0 Å². The van der Waals surface area contributed by atoms with Gasteiger partial charge < -0.3 is 0 Å². The van der Waals surface area contributed by atoms with Crippen LogP contribution in [-0.4, -0.2) is 56.7 Å². The Morgan fingerprint density at radius 3 is 2.72 bits per heavy atom. The fourth-order valence-corrected chi connectivity index (χ4v) is 2.73. The fourth-order valence-electron chi connectivity index (χ4n) is 2.73.